The van der Waals surface area contributed by atoms with Gasteiger partial charge in [0.05, 0.1) is 0 Å². The van der Waals surface area contributed by atoms with Crippen molar-refractivity contribution in [3.8, 4) is 11.5 Å². The van der Waals surface area contributed by atoms with Crippen LogP contribution in [-0.4, -0.2) is 23.4 Å². The standard InChI is InChI=1S/C20H24N2O2S/c1-15(2)11-21-20(25)22(12-16-6-4-3-5-7-16)13-17-8-9-18-19(10-17)24-14-23-18/h3-10,15H,11-14H2,1-2H3,(H,21,25). The summed E-state index contributed by atoms with van der Waals surface area (Å²) < 4.78 is 10.9. The maximum atomic E-state index is 5.65. The quantitative estimate of drug-likeness (QED) is 0.793. The van der Waals surface area contributed by atoms with E-state index in [1.807, 2.05) is 18.2 Å². The molecule has 0 aromatic heterocycles. The van der Waals surface area contributed by atoms with E-state index in [0.717, 1.165) is 41.8 Å². The zero-order chi connectivity index (χ0) is 17.6. The lowest BCUT2D eigenvalue weighted by Crippen LogP contribution is -2.40. The Morgan fingerprint density at radius 3 is 2.52 bits per heavy atom. The molecule has 0 amide bonds. The summed E-state index contributed by atoms with van der Waals surface area (Å²) in [5.41, 5.74) is 2.38. The number of benzene rings is 2. The number of thiocarbonyl (C=S) groups is 1. The van der Waals surface area contributed by atoms with Gasteiger partial charge in [0.15, 0.2) is 16.6 Å². The fourth-order valence-corrected chi connectivity index (χ4v) is 2.88. The molecule has 0 aliphatic carbocycles. The second-order valence-electron chi connectivity index (χ2n) is 6.61. The summed E-state index contributed by atoms with van der Waals surface area (Å²) in [5, 5.41) is 4.15. The molecule has 25 heavy (non-hydrogen) atoms. The second-order valence-corrected chi connectivity index (χ2v) is 7.00. The van der Waals surface area contributed by atoms with Crippen LogP contribution in [0.3, 0.4) is 0 Å². The molecule has 4 nitrogen and oxygen atoms in total. The van der Waals surface area contributed by atoms with Crippen molar-refractivity contribution in [2.45, 2.75) is 26.9 Å². The summed E-state index contributed by atoms with van der Waals surface area (Å²) in [6.07, 6.45) is 0. The maximum absolute atomic E-state index is 5.65. The number of nitrogens with zero attached hydrogens (tertiary/aromatic N) is 1. The Bertz CT molecular complexity index is 719. The van der Waals surface area contributed by atoms with Gasteiger partial charge in [-0.15, -0.1) is 0 Å². The summed E-state index contributed by atoms with van der Waals surface area (Å²) in [7, 11) is 0. The van der Waals surface area contributed by atoms with Crippen LogP contribution in [0.5, 0.6) is 11.5 Å². The summed E-state index contributed by atoms with van der Waals surface area (Å²) in [6, 6.07) is 16.4. The average Bonchev–Trinajstić information content (AvgIpc) is 3.07. The molecule has 0 spiro atoms. The minimum atomic E-state index is 0.293. The van der Waals surface area contributed by atoms with Crippen LogP contribution < -0.4 is 14.8 Å². The van der Waals surface area contributed by atoms with Crippen molar-refractivity contribution in [3.05, 3.63) is 59.7 Å². The molecule has 1 heterocycles. The molecular weight excluding hydrogens is 332 g/mol. The zero-order valence-electron chi connectivity index (χ0n) is 14.7. The van der Waals surface area contributed by atoms with Crippen LogP contribution in [-0.2, 0) is 13.1 Å². The summed E-state index contributed by atoms with van der Waals surface area (Å²) in [6.45, 7) is 6.99. The number of fused-ring (bicyclic) bond motifs is 1. The minimum absolute atomic E-state index is 0.293. The van der Waals surface area contributed by atoms with Gasteiger partial charge in [-0.2, -0.15) is 0 Å². The fraction of sp³-hybridized carbons (Fsp3) is 0.350. The first kappa shape index (κ1) is 17.5. The molecular formula is C20H24N2O2S. The van der Waals surface area contributed by atoms with E-state index < -0.39 is 0 Å². The Morgan fingerprint density at radius 1 is 1.04 bits per heavy atom. The molecule has 1 aliphatic rings. The third kappa shape index (κ3) is 4.86. The zero-order valence-corrected chi connectivity index (χ0v) is 15.5. The van der Waals surface area contributed by atoms with Crippen LogP contribution in [0, 0.1) is 5.92 Å². The van der Waals surface area contributed by atoms with Gasteiger partial charge in [-0.1, -0.05) is 50.2 Å². The van der Waals surface area contributed by atoms with Gasteiger partial charge in [-0.05, 0) is 41.4 Å². The molecule has 0 unspecified atom stereocenters. The van der Waals surface area contributed by atoms with E-state index in [0.29, 0.717) is 12.7 Å². The van der Waals surface area contributed by atoms with Crippen molar-refractivity contribution in [2.75, 3.05) is 13.3 Å². The van der Waals surface area contributed by atoms with Crippen LogP contribution in [0.4, 0.5) is 0 Å². The summed E-state index contributed by atoms with van der Waals surface area (Å²) in [5.74, 6) is 2.15. The van der Waals surface area contributed by atoms with Crippen molar-refractivity contribution < 1.29 is 9.47 Å². The predicted molar refractivity (Wildman–Crippen MR) is 104 cm³/mol. The van der Waals surface area contributed by atoms with Gasteiger partial charge in [0.25, 0.3) is 0 Å². The lowest BCUT2D eigenvalue weighted by atomic mass is 10.1. The molecule has 3 rings (SSSR count). The number of hydrogen-bond acceptors (Lipinski definition) is 3. The lowest BCUT2D eigenvalue weighted by Gasteiger charge is -2.27. The predicted octanol–water partition coefficient (Wildman–Crippen LogP) is 3.95. The summed E-state index contributed by atoms with van der Waals surface area (Å²) >= 11 is 5.65. The number of ether oxygens (including phenoxy) is 2. The van der Waals surface area contributed by atoms with Gasteiger partial charge in [0, 0.05) is 19.6 Å². The highest BCUT2D eigenvalue weighted by molar-refractivity contribution is 7.80. The third-order valence-electron chi connectivity index (χ3n) is 3.98. The van der Waals surface area contributed by atoms with Gasteiger partial charge in [0.2, 0.25) is 6.79 Å². The van der Waals surface area contributed by atoms with Gasteiger partial charge >= 0.3 is 0 Å². The molecule has 1 N–H and O–H groups in total. The smallest absolute Gasteiger partial charge is 0.231 e. The molecule has 0 radical (unpaired) electrons. The highest BCUT2D eigenvalue weighted by Crippen LogP contribution is 2.32. The monoisotopic (exact) mass is 356 g/mol. The van der Waals surface area contributed by atoms with E-state index in [4.69, 9.17) is 21.7 Å². The van der Waals surface area contributed by atoms with Crippen molar-refractivity contribution in [1.82, 2.24) is 10.2 Å². The lowest BCUT2D eigenvalue weighted by molar-refractivity contribution is 0.174. The molecule has 5 heteroatoms. The fourth-order valence-electron chi connectivity index (χ4n) is 2.67. The van der Waals surface area contributed by atoms with E-state index in [9.17, 15) is 0 Å². The molecule has 0 atom stereocenters. The maximum Gasteiger partial charge on any atom is 0.231 e. The van der Waals surface area contributed by atoms with Gasteiger partial charge in [0.1, 0.15) is 0 Å². The normalized spacial score (nSPS) is 12.3. The molecule has 132 valence electrons. The van der Waals surface area contributed by atoms with Crippen LogP contribution in [0.1, 0.15) is 25.0 Å². The van der Waals surface area contributed by atoms with E-state index in [-0.39, 0.29) is 0 Å². The van der Waals surface area contributed by atoms with Crippen molar-refractivity contribution in [2.24, 2.45) is 5.92 Å². The van der Waals surface area contributed by atoms with Gasteiger partial charge in [-0.25, -0.2) is 0 Å². The molecule has 0 fully saturated rings. The van der Waals surface area contributed by atoms with Crippen LogP contribution in [0.15, 0.2) is 48.5 Å². The average molecular weight is 356 g/mol. The highest BCUT2D eigenvalue weighted by Gasteiger charge is 2.16. The Kier molecular flexibility index (Phi) is 5.76. The molecule has 0 saturated heterocycles. The van der Waals surface area contributed by atoms with E-state index in [1.165, 1.54) is 5.56 Å². The molecule has 1 aliphatic heterocycles. The van der Waals surface area contributed by atoms with Crippen molar-refractivity contribution >= 4 is 17.3 Å². The van der Waals surface area contributed by atoms with Gasteiger partial charge < -0.3 is 19.7 Å². The SMILES string of the molecule is CC(C)CNC(=S)N(Cc1ccccc1)Cc1ccc2c(c1)OCO2. The molecule has 2 aromatic rings. The largest absolute Gasteiger partial charge is 0.454 e. The van der Waals surface area contributed by atoms with Crippen LogP contribution in [0.2, 0.25) is 0 Å². The number of nitrogens with one attached hydrogen (secondary N) is 1. The first-order valence-corrected chi connectivity index (χ1v) is 8.98. The molecule has 0 bridgehead atoms. The minimum Gasteiger partial charge on any atom is -0.454 e. The van der Waals surface area contributed by atoms with Crippen LogP contribution in [0.25, 0.3) is 0 Å². The Labute approximate surface area is 154 Å². The Balaban J connectivity index is 1.74. The first-order valence-electron chi connectivity index (χ1n) is 8.57. The Hall–Kier alpha value is -2.27. The highest BCUT2D eigenvalue weighted by atomic mass is 32.1. The Morgan fingerprint density at radius 2 is 1.76 bits per heavy atom. The third-order valence-corrected chi connectivity index (χ3v) is 4.38. The topological polar surface area (TPSA) is 33.7 Å². The van der Waals surface area contributed by atoms with Crippen LogP contribution >= 0.6 is 12.2 Å². The van der Waals surface area contributed by atoms with E-state index in [1.54, 1.807) is 0 Å². The molecule has 0 saturated carbocycles. The summed E-state index contributed by atoms with van der Waals surface area (Å²) in [4.78, 5) is 2.19. The van der Waals surface area contributed by atoms with Crippen molar-refractivity contribution in [1.29, 1.82) is 0 Å². The van der Waals surface area contributed by atoms with Crippen molar-refractivity contribution in [3.63, 3.8) is 0 Å². The first-order chi connectivity index (χ1) is 12.1. The second kappa shape index (κ2) is 8.21. The van der Waals surface area contributed by atoms with E-state index >= 15 is 0 Å². The number of hydrogen-bond donors (Lipinski definition) is 1. The molecule has 2 aromatic carbocycles. The van der Waals surface area contributed by atoms with Gasteiger partial charge in [-0.3, -0.25) is 0 Å². The van der Waals surface area contributed by atoms with E-state index in [2.05, 4.69) is 54.4 Å². The number of rotatable bonds is 6.